The first-order valence-electron chi connectivity index (χ1n) is 5.54. The first-order chi connectivity index (χ1) is 8.99. The van der Waals surface area contributed by atoms with E-state index in [0.29, 0.717) is 0 Å². The number of ether oxygens (including phenoxy) is 1. The molecule has 2 rings (SSSR count). The van der Waals surface area contributed by atoms with Crippen LogP contribution in [0.3, 0.4) is 0 Å². The second-order valence-electron chi connectivity index (χ2n) is 3.90. The van der Waals surface area contributed by atoms with Crippen LogP contribution in [0.5, 0.6) is 5.75 Å². The lowest BCUT2D eigenvalue weighted by molar-refractivity contribution is -0.274. The smallest absolute Gasteiger partial charge is 0.406 e. The molecule has 0 amide bonds. The minimum absolute atomic E-state index is 0.0359. The van der Waals surface area contributed by atoms with Crippen molar-refractivity contribution in [3.05, 3.63) is 52.2 Å². The van der Waals surface area contributed by atoms with Gasteiger partial charge in [-0.25, -0.2) is 0 Å². The summed E-state index contributed by atoms with van der Waals surface area (Å²) in [5.74, 6) is -0.212. The second kappa shape index (κ2) is 5.63. The molecule has 102 valence electrons. The Morgan fingerprint density at radius 2 is 1.79 bits per heavy atom. The Hall–Kier alpha value is -1.53. The number of nitrogens with one attached hydrogen (secondary N) is 1. The molecule has 1 N–H and O–H groups in total. The fourth-order valence-electron chi connectivity index (χ4n) is 1.83. The Balaban J connectivity index is 2.17. The maximum atomic E-state index is 12.1. The highest BCUT2D eigenvalue weighted by Crippen LogP contribution is 2.27. The molecular formula is C13H12F3NOS. The van der Waals surface area contributed by atoms with Gasteiger partial charge in [-0.15, -0.1) is 13.2 Å². The predicted molar refractivity (Wildman–Crippen MR) is 68.3 cm³/mol. The third-order valence-electron chi connectivity index (χ3n) is 2.61. The molecule has 1 heterocycles. The van der Waals surface area contributed by atoms with E-state index in [-0.39, 0.29) is 11.8 Å². The Kier molecular flexibility index (Phi) is 4.11. The summed E-state index contributed by atoms with van der Waals surface area (Å²) in [5.41, 5.74) is 1.97. The van der Waals surface area contributed by atoms with Crippen molar-refractivity contribution in [2.75, 3.05) is 7.05 Å². The molecule has 1 atom stereocenters. The summed E-state index contributed by atoms with van der Waals surface area (Å²) in [4.78, 5) is 0. The molecule has 1 unspecified atom stereocenters. The standard InChI is InChI=1S/C13H12F3NOS/c1-17-12(10-6-7-19-8-10)9-2-4-11(5-3-9)18-13(14,15)16/h2-8,12,17H,1H3. The average Bonchev–Trinajstić information content (AvgIpc) is 2.84. The summed E-state index contributed by atoms with van der Waals surface area (Å²) in [6, 6.07) is 7.83. The van der Waals surface area contributed by atoms with Crippen molar-refractivity contribution in [3.63, 3.8) is 0 Å². The van der Waals surface area contributed by atoms with Gasteiger partial charge in [0.15, 0.2) is 0 Å². The van der Waals surface area contributed by atoms with E-state index in [1.54, 1.807) is 23.5 Å². The molecule has 0 fully saturated rings. The number of thiophene rings is 1. The van der Waals surface area contributed by atoms with Crippen molar-refractivity contribution in [2.24, 2.45) is 0 Å². The third-order valence-corrected chi connectivity index (χ3v) is 3.31. The summed E-state index contributed by atoms with van der Waals surface area (Å²) in [6.07, 6.45) is -4.66. The lowest BCUT2D eigenvalue weighted by Crippen LogP contribution is -2.18. The molecule has 19 heavy (non-hydrogen) atoms. The summed E-state index contributed by atoms with van der Waals surface area (Å²) >= 11 is 1.58. The summed E-state index contributed by atoms with van der Waals surface area (Å²) in [7, 11) is 1.81. The Morgan fingerprint density at radius 3 is 2.26 bits per heavy atom. The lowest BCUT2D eigenvalue weighted by Gasteiger charge is -2.16. The van der Waals surface area contributed by atoms with Gasteiger partial charge in [-0.05, 0) is 47.1 Å². The van der Waals surface area contributed by atoms with Gasteiger partial charge in [0.2, 0.25) is 0 Å². The minimum atomic E-state index is -4.66. The van der Waals surface area contributed by atoms with Crippen molar-refractivity contribution >= 4 is 11.3 Å². The third kappa shape index (κ3) is 3.71. The van der Waals surface area contributed by atoms with E-state index in [2.05, 4.69) is 10.1 Å². The summed E-state index contributed by atoms with van der Waals surface area (Å²) < 4.78 is 40.0. The van der Waals surface area contributed by atoms with Crippen LogP contribution >= 0.6 is 11.3 Å². The number of rotatable bonds is 4. The molecule has 6 heteroatoms. The highest BCUT2D eigenvalue weighted by Gasteiger charge is 2.31. The molecule has 0 aliphatic rings. The molecule has 1 aromatic carbocycles. The second-order valence-corrected chi connectivity index (χ2v) is 4.68. The van der Waals surface area contributed by atoms with Crippen molar-refractivity contribution < 1.29 is 17.9 Å². The number of hydrogen-bond donors (Lipinski definition) is 1. The topological polar surface area (TPSA) is 21.3 Å². The molecule has 0 saturated heterocycles. The zero-order valence-electron chi connectivity index (χ0n) is 10.1. The van der Waals surface area contributed by atoms with Gasteiger partial charge in [0.1, 0.15) is 5.75 Å². The molecule has 2 nitrogen and oxygen atoms in total. The van der Waals surface area contributed by atoms with Crippen molar-refractivity contribution in [1.82, 2.24) is 5.32 Å². The fraction of sp³-hybridized carbons (Fsp3) is 0.231. The van der Waals surface area contributed by atoms with E-state index in [9.17, 15) is 13.2 Å². The van der Waals surface area contributed by atoms with Gasteiger partial charge >= 0.3 is 6.36 Å². The van der Waals surface area contributed by atoms with Crippen LogP contribution in [-0.4, -0.2) is 13.4 Å². The van der Waals surface area contributed by atoms with E-state index < -0.39 is 6.36 Å². The molecule has 1 aromatic heterocycles. The largest absolute Gasteiger partial charge is 0.573 e. The van der Waals surface area contributed by atoms with Gasteiger partial charge in [-0.2, -0.15) is 11.3 Å². The molecule has 0 aliphatic heterocycles. The Bertz CT molecular complexity index is 508. The zero-order chi connectivity index (χ0) is 13.9. The fourth-order valence-corrected chi connectivity index (χ4v) is 2.51. The van der Waals surface area contributed by atoms with Crippen molar-refractivity contribution in [1.29, 1.82) is 0 Å². The van der Waals surface area contributed by atoms with Crippen LogP contribution in [0.2, 0.25) is 0 Å². The average molecular weight is 287 g/mol. The number of alkyl halides is 3. The van der Waals surface area contributed by atoms with E-state index in [1.807, 2.05) is 23.9 Å². The van der Waals surface area contributed by atoms with Gasteiger partial charge in [0, 0.05) is 0 Å². The van der Waals surface area contributed by atoms with Crippen LogP contribution in [0.4, 0.5) is 13.2 Å². The first-order valence-corrected chi connectivity index (χ1v) is 6.49. The van der Waals surface area contributed by atoms with Crippen LogP contribution in [0.25, 0.3) is 0 Å². The number of halogens is 3. The normalized spacial score (nSPS) is 13.3. The van der Waals surface area contributed by atoms with Crippen LogP contribution in [-0.2, 0) is 0 Å². The molecule has 2 aromatic rings. The van der Waals surface area contributed by atoms with Gasteiger partial charge < -0.3 is 10.1 Å². The molecule has 0 bridgehead atoms. The number of hydrogen-bond acceptors (Lipinski definition) is 3. The lowest BCUT2D eigenvalue weighted by atomic mass is 10.0. The predicted octanol–water partition coefficient (Wildman–Crippen LogP) is 3.96. The summed E-state index contributed by atoms with van der Waals surface area (Å²) in [5, 5.41) is 7.09. The van der Waals surface area contributed by atoms with E-state index in [0.717, 1.165) is 11.1 Å². The maximum absolute atomic E-state index is 12.1. The number of benzene rings is 1. The minimum Gasteiger partial charge on any atom is -0.406 e. The highest BCUT2D eigenvalue weighted by molar-refractivity contribution is 7.08. The molecule has 0 spiro atoms. The van der Waals surface area contributed by atoms with Gasteiger partial charge in [0.05, 0.1) is 6.04 Å². The van der Waals surface area contributed by atoms with Gasteiger partial charge in [-0.3, -0.25) is 0 Å². The Morgan fingerprint density at radius 1 is 1.11 bits per heavy atom. The van der Waals surface area contributed by atoms with Gasteiger partial charge in [0.25, 0.3) is 0 Å². The molecule has 0 aliphatic carbocycles. The summed E-state index contributed by atoms with van der Waals surface area (Å²) in [6.45, 7) is 0. The van der Waals surface area contributed by atoms with Crippen LogP contribution < -0.4 is 10.1 Å². The maximum Gasteiger partial charge on any atom is 0.573 e. The van der Waals surface area contributed by atoms with Crippen LogP contribution in [0.1, 0.15) is 17.2 Å². The van der Waals surface area contributed by atoms with Crippen molar-refractivity contribution in [3.8, 4) is 5.75 Å². The van der Waals surface area contributed by atoms with Crippen LogP contribution in [0, 0.1) is 0 Å². The monoisotopic (exact) mass is 287 g/mol. The van der Waals surface area contributed by atoms with Crippen molar-refractivity contribution in [2.45, 2.75) is 12.4 Å². The molecule has 0 saturated carbocycles. The highest BCUT2D eigenvalue weighted by atomic mass is 32.1. The van der Waals surface area contributed by atoms with Crippen LogP contribution in [0.15, 0.2) is 41.1 Å². The zero-order valence-corrected chi connectivity index (χ0v) is 10.9. The van der Waals surface area contributed by atoms with E-state index >= 15 is 0 Å². The Labute approximate surface area is 112 Å². The first kappa shape index (κ1) is 13.9. The van der Waals surface area contributed by atoms with Gasteiger partial charge in [-0.1, -0.05) is 12.1 Å². The molecular weight excluding hydrogens is 275 g/mol. The molecule has 0 radical (unpaired) electrons. The SMILES string of the molecule is CNC(c1ccc(OC(F)(F)F)cc1)c1ccsc1. The van der Waals surface area contributed by atoms with E-state index in [1.165, 1.54) is 12.1 Å². The quantitative estimate of drug-likeness (QED) is 0.919. The van der Waals surface area contributed by atoms with E-state index in [4.69, 9.17) is 0 Å².